The minimum Gasteiger partial charge on any atom is -0.345 e. The summed E-state index contributed by atoms with van der Waals surface area (Å²) in [5.74, 6) is 0. The van der Waals surface area contributed by atoms with Crippen molar-refractivity contribution >= 4 is 23.8 Å². The number of aromatic amines is 1. The largest absolute Gasteiger partial charge is 0.345 e. The Balaban J connectivity index is 2.52. The number of hydrogen-bond acceptors (Lipinski definition) is 3. The molecule has 2 aromatic heterocycles. The fourth-order valence-electron chi connectivity index (χ4n) is 1.08. The highest BCUT2D eigenvalue weighted by atomic mass is 32.1. The number of nitrogens with zero attached hydrogens (tertiary/aromatic N) is 1. The number of pyridine rings is 1. The summed E-state index contributed by atoms with van der Waals surface area (Å²) in [6.07, 6.45) is 0. The standard InChI is InChI=1S/C9H8N2S2/c1-6-5-8(13-11-6)7-3-2-4-9(12)10-7/h2-5H,1H3,(H,10,12). The minimum absolute atomic E-state index is 0.753. The van der Waals surface area contributed by atoms with E-state index in [1.807, 2.05) is 31.2 Å². The number of H-pyrrole nitrogens is 1. The third-order valence-electron chi connectivity index (χ3n) is 1.66. The Bertz CT molecular complexity index is 470. The second-order valence-electron chi connectivity index (χ2n) is 2.76. The lowest BCUT2D eigenvalue weighted by Crippen LogP contribution is -1.78. The van der Waals surface area contributed by atoms with Crippen molar-refractivity contribution in [1.29, 1.82) is 0 Å². The number of hydrogen-bond donors (Lipinski definition) is 1. The molecule has 0 atom stereocenters. The molecule has 2 aromatic rings. The Morgan fingerprint density at radius 2 is 2.31 bits per heavy atom. The van der Waals surface area contributed by atoms with Crippen molar-refractivity contribution < 1.29 is 0 Å². The van der Waals surface area contributed by atoms with Crippen LogP contribution in [-0.4, -0.2) is 9.36 Å². The molecule has 0 fully saturated rings. The Kier molecular flexibility index (Phi) is 2.24. The Hall–Kier alpha value is -1.00. The molecule has 4 heteroatoms. The van der Waals surface area contributed by atoms with E-state index in [9.17, 15) is 0 Å². The van der Waals surface area contributed by atoms with E-state index in [-0.39, 0.29) is 0 Å². The smallest absolute Gasteiger partial charge is 0.103 e. The van der Waals surface area contributed by atoms with E-state index in [2.05, 4.69) is 9.36 Å². The molecular formula is C9H8N2S2. The lowest BCUT2D eigenvalue weighted by Gasteiger charge is -1.94. The van der Waals surface area contributed by atoms with Gasteiger partial charge in [0.1, 0.15) is 4.64 Å². The van der Waals surface area contributed by atoms with Crippen LogP contribution in [0.5, 0.6) is 0 Å². The van der Waals surface area contributed by atoms with Crippen LogP contribution in [0.4, 0.5) is 0 Å². The normalized spacial score (nSPS) is 10.2. The summed E-state index contributed by atoms with van der Waals surface area (Å²) in [6.45, 7) is 1.98. The summed E-state index contributed by atoms with van der Waals surface area (Å²) in [5, 5.41) is 0. The molecule has 0 radical (unpaired) electrons. The van der Waals surface area contributed by atoms with E-state index in [0.717, 1.165) is 20.9 Å². The summed E-state index contributed by atoms with van der Waals surface area (Å²) >= 11 is 6.52. The third-order valence-corrected chi connectivity index (χ3v) is 2.81. The molecule has 2 nitrogen and oxygen atoms in total. The molecule has 13 heavy (non-hydrogen) atoms. The van der Waals surface area contributed by atoms with Gasteiger partial charge >= 0.3 is 0 Å². The highest BCUT2D eigenvalue weighted by molar-refractivity contribution is 7.71. The first-order valence-corrected chi connectivity index (χ1v) is 5.07. The number of rotatable bonds is 1. The van der Waals surface area contributed by atoms with Crippen LogP contribution in [0.15, 0.2) is 24.3 Å². The van der Waals surface area contributed by atoms with Crippen molar-refractivity contribution in [3.63, 3.8) is 0 Å². The van der Waals surface area contributed by atoms with Crippen LogP contribution in [0.25, 0.3) is 10.6 Å². The van der Waals surface area contributed by atoms with Gasteiger partial charge in [0.25, 0.3) is 0 Å². The second kappa shape index (κ2) is 3.40. The monoisotopic (exact) mass is 208 g/mol. The van der Waals surface area contributed by atoms with Crippen molar-refractivity contribution in [1.82, 2.24) is 9.36 Å². The summed E-state index contributed by atoms with van der Waals surface area (Å²) < 4.78 is 4.96. The highest BCUT2D eigenvalue weighted by Crippen LogP contribution is 2.21. The van der Waals surface area contributed by atoms with Gasteiger partial charge in [-0.05, 0) is 36.7 Å². The molecule has 2 rings (SSSR count). The maximum absolute atomic E-state index is 5.04. The second-order valence-corrected chi connectivity index (χ2v) is 4.01. The first kappa shape index (κ1) is 8.59. The Morgan fingerprint density at radius 1 is 1.46 bits per heavy atom. The van der Waals surface area contributed by atoms with Crippen LogP contribution < -0.4 is 0 Å². The highest BCUT2D eigenvalue weighted by Gasteiger charge is 2.00. The van der Waals surface area contributed by atoms with Crippen LogP contribution in [0, 0.1) is 11.6 Å². The molecule has 0 aliphatic carbocycles. The molecule has 0 aromatic carbocycles. The minimum atomic E-state index is 0.753. The molecule has 0 saturated heterocycles. The van der Waals surface area contributed by atoms with Gasteiger partial charge in [0.15, 0.2) is 0 Å². The topological polar surface area (TPSA) is 28.7 Å². The quantitative estimate of drug-likeness (QED) is 0.729. The van der Waals surface area contributed by atoms with Gasteiger partial charge in [-0.15, -0.1) is 0 Å². The SMILES string of the molecule is Cc1cc(-c2cccc(=S)[nH]2)sn1. The molecule has 2 heterocycles. The van der Waals surface area contributed by atoms with Crippen LogP contribution in [-0.2, 0) is 0 Å². The van der Waals surface area contributed by atoms with Gasteiger partial charge in [-0.25, -0.2) is 0 Å². The summed E-state index contributed by atoms with van der Waals surface area (Å²) in [7, 11) is 0. The number of nitrogens with one attached hydrogen (secondary N) is 1. The first-order valence-electron chi connectivity index (χ1n) is 3.89. The summed E-state index contributed by atoms with van der Waals surface area (Å²) in [4.78, 5) is 4.25. The Morgan fingerprint density at radius 3 is 2.92 bits per heavy atom. The predicted molar refractivity (Wildman–Crippen MR) is 57.5 cm³/mol. The zero-order chi connectivity index (χ0) is 9.26. The molecule has 1 N–H and O–H groups in total. The summed E-state index contributed by atoms with van der Waals surface area (Å²) in [6, 6.07) is 7.87. The number of aromatic nitrogens is 2. The third kappa shape index (κ3) is 1.84. The van der Waals surface area contributed by atoms with Gasteiger partial charge < -0.3 is 4.98 Å². The van der Waals surface area contributed by atoms with E-state index >= 15 is 0 Å². The van der Waals surface area contributed by atoms with Crippen LogP contribution in [0.2, 0.25) is 0 Å². The molecule has 66 valence electrons. The lowest BCUT2D eigenvalue weighted by molar-refractivity contribution is 1.30. The van der Waals surface area contributed by atoms with Gasteiger partial charge in [0, 0.05) is 0 Å². The molecule has 0 aliphatic heterocycles. The van der Waals surface area contributed by atoms with E-state index in [1.54, 1.807) is 0 Å². The van der Waals surface area contributed by atoms with Gasteiger partial charge in [0.2, 0.25) is 0 Å². The molecule has 0 spiro atoms. The molecule has 0 amide bonds. The fraction of sp³-hybridized carbons (Fsp3) is 0.111. The predicted octanol–water partition coefficient (Wildman–Crippen LogP) is 3.18. The van der Waals surface area contributed by atoms with Gasteiger partial charge in [0.05, 0.1) is 16.3 Å². The Labute approximate surface area is 85.4 Å². The van der Waals surface area contributed by atoms with Crippen LogP contribution >= 0.6 is 23.8 Å². The van der Waals surface area contributed by atoms with Crippen LogP contribution in [0.1, 0.15) is 5.69 Å². The maximum atomic E-state index is 5.04. The molecule has 0 bridgehead atoms. The first-order chi connectivity index (χ1) is 6.25. The lowest BCUT2D eigenvalue weighted by atomic mass is 10.3. The van der Waals surface area contributed by atoms with Gasteiger partial charge in [-0.3, -0.25) is 0 Å². The molecule has 0 saturated carbocycles. The zero-order valence-electron chi connectivity index (χ0n) is 7.07. The van der Waals surface area contributed by atoms with E-state index in [1.165, 1.54) is 11.5 Å². The van der Waals surface area contributed by atoms with E-state index in [4.69, 9.17) is 12.2 Å². The average molecular weight is 208 g/mol. The molecular weight excluding hydrogens is 200 g/mol. The van der Waals surface area contributed by atoms with Crippen molar-refractivity contribution in [2.75, 3.05) is 0 Å². The van der Waals surface area contributed by atoms with Crippen molar-refractivity contribution in [2.45, 2.75) is 6.92 Å². The number of aryl methyl sites for hydroxylation is 1. The maximum Gasteiger partial charge on any atom is 0.103 e. The van der Waals surface area contributed by atoms with Crippen LogP contribution in [0.3, 0.4) is 0 Å². The van der Waals surface area contributed by atoms with Gasteiger partial charge in [-0.1, -0.05) is 18.3 Å². The van der Waals surface area contributed by atoms with Crippen molar-refractivity contribution in [3.8, 4) is 10.6 Å². The zero-order valence-corrected chi connectivity index (χ0v) is 8.71. The van der Waals surface area contributed by atoms with Gasteiger partial charge in [-0.2, -0.15) is 4.37 Å². The average Bonchev–Trinajstić information content (AvgIpc) is 2.52. The van der Waals surface area contributed by atoms with E-state index < -0.39 is 0 Å². The fourth-order valence-corrected chi connectivity index (χ4v) is 2.01. The van der Waals surface area contributed by atoms with E-state index in [0.29, 0.717) is 0 Å². The van der Waals surface area contributed by atoms with Crippen molar-refractivity contribution in [3.05, 3.63) is 34.6 Å². The van der Waals surface area contributed by atoms with Crippen molar-refractivity contribution in [2.24, 2.45) is 0 Å². The molecule has 0 unspecified atom stereocenters. The molecule has 0 aliphatic rings. The summed E-state index contributed by atoms with van der Waals surface area (Å²) in [5.41, 5.74) is 2.08.